The molecular weight excluding hydrogens is 554 g/mol. The maximum Gasteiger partial charge on any atom is 0.410 e. The molecule has 2 aromatic rings. The van der Waals surface area contributed by atoms with Crippen molar-refractivity contribution >= 4 is 29.7 Å². The molecular formula is C30H41N7O6. The van der Waals surface area contributed by atoms with Gasteiger partial charge < -0.3 is 35.4 Å². The molecule has 3 aliphatic rings. The Labute approximate surface area is 251 Å². The first-order valence-corrected chi connectivity index (χ1v) is 14.8. The van der Waals surface area contributed by atoms with Crippen LogP contribution in [0, 0.1) is 0 Å². The molecule has 13 nitrogen and oxygen atoms in total. The highest BCUT2D eigenvalue weighted by molar-refractivity contribution is 5.93. The van der Waals surface area contributed by atoms with Crippen molar-refractivity contribution in [3.05, 3.63) is 41.1 Å². The standard InChI is InChI=1S/C30H41N7O6/c1-18(38)36-16-21(17-36)32-26-13-23(33-28(34-26)35-9-5-6-10-35)27(41)31-14-25(40)24-12-19-7-8-22(39)11-20(19)15-37(24)29(42)43-30(2,3)4/h7-8,11,13,21,24-25,39-40H,5-6,9-10,12,14-17H2,1-4H3,(H,31,41)(H,32,33,34)/t24-,25+/m0/s1. The molecule has 3 aliphatic heterocycles. The largest absolute Gasteiger partial charge is 0.508 e. The lowest BCUT2D eigenvalue weighted by Gasteiger charge is -2.40. The number of nitrogens with zero attached hydrogens (tertiary/aromatic N) is 5. The number of aliphatic hydroxyl groups excluding tert-OH is 1. The number of hydrogen-bond donors (Lipinski definition) is 4. The van der Waals surface area contributed by atoms with Gasteiger partial charge in [0.05, 0.1) is 18.2 Å². The van der Waals surface area contributed by atoms with Crippen molar-refractivity contribution in [1.82, 2.24) is 25.1 Å². The third-order valence-electron chi connectivity index (χ3n) is 7.92. The van der Waals surface area contributed by atoms with Gasteiger partial charge in [0.1, 0.15) is 22.9 Å². The van der Waals surface area contributed by atoms with E-state index in [1.807, 2.05) is 4.90 Å². The van der Waals surface area contributed by atoms with E-state index in [1.165, 1.54) is 11.8 Å². The second kappa shape index (κ2) is 12.2. The van der Waals surface area contributed by atoms with Gasteiger partial charge in [-0.2, -0.15) is 4.98 Å². The molecule has 0 radical (unpaired) electrons. The summed E-state index contributed by atoms with van der Waals surface area (Å²) in [6, 6.07) is 5.90. The zero-order chi connectivity index (χ0) is 30.9. The number of anilines is 2. The van der Waals surface area contributed by atoms with Gasteiger partial charge in [-0.3, -0.25) is 14.5 Å². The Morgan fingerprint density at radius 2 is 1.81 bits per heavy atom. The van der Waals surface area contributed by atoms with Gasteiger partial charge >= 0.3 is 6.09 Å². The average Bonchev–Trinajstić information content (AvgIpc) is 3.46. The Morgan fingerprint density at radius 1 is 1.09 bits per heavy atom. The summed E-state index contributed by atoms with van der Waals surface area (Å²) in [5, 5.41) is 27.3. The molecule has 0 saturated carbocycles. The van der Waals surface area contributed by atoms with Gasteiger partial charge in [-0.15, -0.1) is 0 Å². The Bertz CT molecular complexity index is 1370. The molecule has 0 aliphatic carbocycles. The van der Waals surface area contributed by atoms with Gasteiger partial charge in [0, 0.05) is 52.3 Å². The molecule has 2 fully saturated rings. The topological polar surface area (TPSA) is 160 Å². The summed E-state index contributed by atoms with van der Waals surface area (Å²) in [5.41, 5.74) is 1.08. The van der Waals surface area contributed by atoms with Crippen molar-refractivity contribution in [3.63, 3.8) is 0 Å². The van der Waals surface area contributed by atoms with E-state index in [-0.39, 0.29) is 36.5 Å². The SMILES string of the molecule is CC(=O)N1CC(Nc2cc(C(=O)NC[C@@H](O)[C@@H]3Cc4ccc(O)cc4CN3C(=O)OC(C)(C)C)nc(N3CCCC3)n2)C1. The van der Waals surface area contributed by atoms with Crippen LogP contribution in [0.2, 0.25) is 0 Å². The number of carbonyl (C=O) groups excluding carboxylic acids is 3. The number of aliphatic hydroxyl groups is 1. The first-order valence-electron chi connectivity index (χ1n) is 14.8. The van der Waals surface area contributed by atoms with Crippen LogP contribution in [0.5, 0.6) is 5.75 Å². The van der Waals surface area contributed by atoms with E-state index in [9.17, 15) is 24.6 Å². The van der Waals surface area contributed by atoms with Gasteiger partial charge in [-0.1, -0.05) is 6.07 Å². The minimum Gasteiger partial charge on any atom is -0.508 e. The van der Waals surface area contributed by atoms with Crippen LogP contribution in [0.25, 0.3) is 0 Å². The minimum atomic E-state index is -1.11. The fourth-order valence-corrected chi connectivity index (χ4v) is 5.60. The molecule has 232 valence electrons. The number of carbonyl (C=O) groups is 3. The number of hydrogen-bond acceptors (Lipinski definition) is 10. The first-order chi connectivity index (χ1) is 20.4. The van der Waals surface area contributed by atoms with Crippen LogP contribution in [0.3, 0.4) is 0 Å². The molecule has 1 aromatic heterocycles. The second-order valence-electron chi connectivity index (χ2n) is 12.5. The second-order valence-corrected chi connectivity index (χ2v) is 12.5. The van der Waals surface area contributed by atoms with E-state index in [0.29, 0.717) is 31.3 Å². The number of aromatic hydroxyl groups is 1. The highest BCUT2D eigenvalue weighted by Crippen LogP contribution is 2.29. The Hall–Kier alpha value is -4.13. The van der Waals surface area contributed by atoms with E-state index >= 15 is 0 Å². The lowest BCUT2D eigenvalue weighted by Crippen LogP contribution is -2.56. The highest BCUT2D eigenvalue weighted by Gasteiger charge is 2.37. The Morgan fingerprint density at radius 3 is 2.49 bits per heavy atom. The summed E-state index contributed by atoms with van der Waals surface area (Å²) in [6.45, 7) is 9.58. The zero-order valence-corrected chi connectivity index (χ0v) is 25.2. The van der Waals surface area contributed by atoms with Gasteiger partial charge in [-0.05, 0) is 63.3 Å². The number of ether oxygens (including phenoxy) is 1. The molecule has 43 heavy (non-hydrogen) atoms. The Kier molecular flexibility index (Phi) is 8.63. The molecule has 5 rings (SSSR count). The summed E-state index contributed by atoms with van der Waals surface area (Å²) in [4.78, 5) is 52.5. The summed E-state index contributed by atoms with van der Waals surface area (Å²) in [6.07, 6.45) is 0.666. The normalized spacial score (nSPS) is 19.4. The average molecular weight is 596 g/mol. The number of rotatable bonds is 7. The molecule has 0 unspecified atom stereocenters. The predicted molar refractivity (Wildman–Crippen MR) is 159 cm³/mol. The molecule has 13 heteroatoms. The number of amides is 3. The van der Waals surface area contributed by atoms with Crippen molar-refractivity contribution in [3.8, 4) is 5.75 Å². The van der Waals surface area contributed by atoms with Gasteiger partial charge in [0.2, 0.25) is 11.9 Å². The van der Waals surface area contributed by atoms with Crippen molar-refractivity contribution in [2.24, 2.45) is 0 Å². The smallest absolute Gasteiger partial charge is 0.410 e. The third-order valence-corrected chi connectivity index (χ3v) is 7.92. The summed E-state index contributed by atoms with van der Waals surface area (Å²) in [5.74, 6) is 0.587. The van der Waals surface area contributed by atoms with Crippen LogP contribution in [0.1, 0.15) is 62.2 Å². The molecule has 0 spiro atoms. The van der Waals surface area contributed by atoms with Crippen LogP contribution in [0.4, 0.5) is 16.6 Å². The van der Waals surface area contributed by atoms with Crippen molar-refractivity contribution in [2.75, 3.05) is 42.9 Å². The van der Waals surface area contributed by atoms with E-state index in [0.717, 1.165) is 37.1 Å². The lowest BCUT2D eigenvalue weighted by molar-refractivity contribution is -0.132. The number of benzene rings is 1. The Balaban J connectivity index is 1.30. The maximum atomic E-state index is 13.4. The number of fused-ring (bicyclic) bond motifs is 1. The molecule has 3 amide bonds. The van der Waals surface area contributed by atoms with Crippen LogP contribution >= 0.6 is 0 Å². The van der Waals surface area contributed by atoms with Gasteiger partial charge in [0.15, 0.2) is 0 Å². The van der Waals surface area contributed by atoms with E-state index < -0.39 is 29.7 Å². The highest BCUT2D eigenvalue weighted by atomic mass is 16.6. The molecule has 4 heterocycles. The fraction of sp³-hybridized carbons (Fsp3) is 0.567. The predicted octanol–water partition coefficient (Wildman–Crippen LogP) is 1.88. The van der Waals surface area contributed by atoms with E-state index in [1.54, 1.807) is 49.9 Å². The van der Waals surface area contributed by atoms with Crippen LogP contribution in [0.15, 0.2) is 24.3 Å². The van der Waals surface area contributed by atoms with Crippen LogP contribution in [-0.4, -0.2) is 104 Å². The van der Waals surface area contributed by atoms with Gasteiger partial charge in [-0.25, -0.2) is 9.78 Å². The number of phenols is 1. The summed E-state index contributed by atoms with van der Waals surface area (Å²) >= 11 is 0. The van der Waals surface area contributed by atoms with E-state index in [2.05, 4.69) is 20.6 Å². The summed E-state index contributed by atoms with van der Waals surface area (Å²) in [7, 11) is 0. The minimum absolute atomic E-state index is 0.0157. The van der Waals surface area contributed by atoms with Crippen molar-refractivity contribution in [1.29, 1.82) is 0 Å². The molecule has 2 saturated heterocycles. The number of likely N-dealkylation sites (tertiary alicyclic amines) is 1. The monoisotopic (exact) mass is 595 g/mol. The number of nitrogens with one attached hydrogen (secondary N) is 2. The van der Waals surface area contributed by atoms with Gasteiger partial charge in [0.25, 0.3) is 5.91 Å². The first kappa shape index (κ1) is 30.3. The van der Waals surface area contributed by atoms with Crippen LogP contribution < -0.4 is 15.5 Å². The molecule has 4 N–H and O–H groups in total. The van der Waals surface area contributed by atoms with E-state index in [4.69, 9.17) is 4.74 Å². The van der Waals surface area contributed by atoms with Crippen molar-refractivity contribution in [2.45, 2.75) is 77.3 Å². The quantitative estimate of drug-likeness (QED) is 0.372. The third kappa shape index (κ3) is 7.27. The molecule has 0 bridgehead atoms. The zero-order valence-electron chi connectivity index (χ0n) is 25.2. The lowest BCUT2D eigenvalue weighted by atomic mass is 9.91. The summed E-state index contributed by atoms with van der Waals surface area (Å²) < 4.78 is 5.61. The van der Waals surface area contributed by atoms with Crippen molar-refractivity contribution < 1.29 is 29.3 Å². The number of aromatic nitrogens is 2. The van der Waals surface area contributed by atoms with Crippen LogP contribution in [-0.2, 0) is 22.5 Å². The molecule has 2 atom stereocenters. The maximum absolute atomic E-state index is 13.4. The fourth-order valence-electron chi connectivity index (χ4n) is 5.60. The number of phenolic OH excluding ortho intramolecular Hbond substituents is 1. The molecule has 1 aromatic carbocycles.